The summed E-state index contributed by atoms with van der Waals surface area (Å²) in [5.74, 6) is -11.3. The van der Waals surface area contributed by atoms with Crippen LogP contribution in [-0.2, 0) is 14.6 Å². The van der Waals surface area contributed by atoms with E-state index < -0.39 is 91.5 Å². The molecule has 3 N–H and O–H groups in total. The minimum absolute atomic E-state index is 0.0236. The van der Waals surface area contributed by atoms with Gasteiger partial charge in [0.2, 0.25) is 15.7 Å². The minimum Gasteiger partial charge on any atom is -0.394 e. The predicted molar refractivity (Wildman–Crippen MR) is 116 cm³/mol. The summed E-state index contributed by atoms with van der Waals surface area (Å²) in [6.07, 6.45) is -5.02. The maximum Gasteiger partial charge on any atom is 0.207 e. The quantitative estimate of drug-likeness (QED) is 0.235. The predicted octanol–water partition coefficient (Wildman–Crippen LogP) is 2.40. The Bertz CT molecular complexity index is 1450. The third-order valence-corrected chi connectivity index (χ3v) is 8.31. The Morgan fingerprint density at radius 2 is 1.54 bits per heavy atom. The van der Waals surface area contributed by atoms with Crippen LogP contribution < -0.4 is 0 Å². The first-order valence-electron chi connectivity index (χ1n) is 10.1. The average molecular weight is 590 g/mol. The Morgan fingerprint density at radius 1 is 0.946 bits per heavy atom. The van der Waals surface area contributed by atoms with Crippen LogP contribution in [0.15, 0.2) is 29.3 Å². The molecule has 0 spiro atoms. The smallest absolute Gasteiger partial charge is 0.207 e. The number of hydrogen-bond acceptors (Lipinski definition) is 8. The highest BCUT2D eigenvalue weighted by atomic mass is 35.5. The molecular weight excluding hydrogens is 576 g/mol. The number of hydrogen-bond donors (Lipinski definition) is 3. The Hall–Kier alpha value is -2.40. The molecule has 0 saturated carbocycles. The molecule has 17 heteroatoms. The van der Waals surface area contributed by atoms with Crippen LogP contribution in [0.3, 0.4) is 0 Å². The summed E-state index contributed by atoms with van der Waals surface area (Å²) in [6, 6.07) is 1.41. The first-order chi connectivity index (χ1) is 17.3. The van der Waals surface area contributed by atoms with E-state index in [-0.39, 0.29) is 10.0 Å². The lowest BCUT2D eigenvalue weighted by Crippen LogP contribution is -2.58. The van der Waals surface area contributed by atoms with Gasteiger partial charge in [0.25, 0.3) is 0 Å². The number of benzene rings is 2. The third kappa shape index (κ3) is 4.58. The fourth-order valence-electron chi connectivity index (χ4n) is 3.79. The van der Waals surface area contributed by atoms with Crippen LogP contribution in [0.2, 0.25) is 10.0 Å². The first kappa shape index (κ1) is 27.6. The van der Waals surface area contributed by atoms with Crippen molar-refractivity contribution in [3.05, 3.63) is 63.5 Å². The van der Waals surface area contributed by atoms with Crippen LogP contribution in [0, 0.1) is 29.1 Å². The molecule has 9 nitrogen and oxygen atoms in total. The van der Waals surface area contributed by atoms with Crippen molar-refractivity contribution in [3.8, 4) is 11.3 Å². The molecule has 0 radical (unpaired) electrons. The Morgan fingerprint density at radius 3 is 2.11 bits per heavy atom. The normalized spacial score (nSPS) is 24.4. The van der Waals surface area contributed by atoms with Crippen molar-refractivity contribution in [1.29, 1.82) is 0 Å². The number of aromatic nitrogens is 3. The molecule has 1 aliphatic heterocycles. The third-order valence-electron chi connectivity index (χ3n) is 5.66. The fourth-order valence-corrected chi connectivity index (χ4v) is 5.78. The molecular formula is C20H14Cl2F5N3O6S. The number of ether oxygens (including phenoxy) is 1. The van der Waals surface area contributed by atoms with E-state index >= 15 is 0 Å². The zero-order valence-corrected chi connectivity index (χ0v) is 20.2. The van der Waals surface area contributed by atoms with Crippen LogP contribution in [-0.4, -0.2) is 69.1 Å². The lowest BCUT2D eigenvalue weighted by molar-refractivity contribution is -0.180. The highest BCUT2D eigenvalue weighted by Gasteiger charge is 2.51. The second-order valence-corrected chi connectivity index (χ2v) is 10.7. The van der Waals surface area contributed by atoms with E-state index in [9.17, 15) is 45.7 Å². The van der Waals surface area contributed by atoms with Gasteiger partial charge in [0, 0.05) is 0 Å². The molecule has 4 rings (SSSR count). The zero-order chi connectivity index (χ0) is 27.4. The molecule has 1 saturated heterocycles. The van der Waals surface area contributed by atoms with Gasteiger partial charge in [-0.2, -0.15) is 0 Å². The molecule has 0 amide bonds. The van der Waals surface area contributed by atoms with Crippen LogP contribution >= 0.6 is 23.2 Å². The molecule has 0 bridgehead atoms. The first-order valence-corrected chi connectivity index (χ1v) is 12.4. The van der Waals surface area contributed by atoms with Crippen molar-refractivity contribution in [3.63, 3.8) is 0 Å². The number of halogens is 7. The number of aliphatic hydroxyl groups excluding tert-OH is 3. The van der Waals surface area contributed by atoms with E-state index in [2.05, 4.69) is 10.3 Å². The maximum atomic E-state index is 14.2. The highest BCUT2D eigenvalue weighted by Crippen LogP contribution is 2.37. The van der Waals surface area contributed by atoms with Gasteiger partial charge in [0.15, 0.2) is 28.7 Å². The van der Waals surface area contributed by atoms with Gasteiger partial charge >= 0.3 is 0 Å². The summed E-state index contributed by atoms with van der Waals surface area (Å²) in [6.45, 7) is -0.947. The monoisotopic (exact) mass is 589 g/mol. The molecule has 200 valence electrons. The van der Waals surface area contributed by atoms with Crippen molar-refractivity contribution < 1.29 is 50.4 Å². The van der Waals surface area contributed by atoms with E-state index in [0.717, 1.165) is 18.2 Å². The van der Waals surface area contributed by atoms with Crippen LogP contribution in [0.25, 0.3) is 11.3 Å². The van der Waals surface area contributed by atoms with Crippen molar-refractivity contribution in [2.45, 2.75) is 34.7 Å². The van der Waals surface area contributed by atoms with E-state index in [1.807, 2.05) is 0 Å². The molecule has 5 unspecified atom stereocenters. The second kappa shape index (κ2) is 10.1. The number of nitrogens with zero attached hydrogens (tertiary/aromatic N) is 3. The molecule has 1 fully saturated rings. The van der Waals surface area contributed by atoms with Gasteiger partial charge in [-0.05, 0) is 18.2 Å². The SMILES string of the molecule is O=S(=O)(c1ccc(Cl)c(Cl)c1)C1OC(CO)C(O)C(n2cc(-c3c(F)c(F)c(F)c(F)c3F)nn2)C1O. The van der Waals surface area contributed by atoms with Gasteiger partial charge in [-0.3, -0.25) is 0 Å². The summed E-state index contributed by atoms with van der Waals surface area (Å²) < 4.78 is 101. The van der Waals surface area contributed by atoms with E-state index in [0.29, 0.717) is 10.9 Å². The van der Waals surface area contributed by atoms with Crippen molar-refractivity contribution in [2.24, 2.45) is 0 Å². The van der Waals surface area contributed by atoms with E-state index in [4.69, 9.17) is 27.9 Å². The minimum atomic E-state index is -4.59. The van der Waals surface area contributed by atoms with Gasteiger partial charge < -0.3 is 20.1 Å². The molecule has 1 aromatic heterocycles. The Labute approximate surface area is 214 Å². The van der Waals surface area contributed by atoms with Gasteiger partial charge in [-0.25, -0.2) is 35.1 Å². The molecule has 37 heavy (non-hydrogen) atoms. The Kier molecular flexibility index (Phi) is 7.51. The summed E-state index contributed by atoms with van der Waals surface area (Å²) in [7, 11) is -4.59. The van der Waals surface area contributed by atoms with Gasteiger partial charge in [-0.15, -0.1) is 5.10 Å². The highest BCUT2D eigenvalue weighted by molar-refractivity contribution is 7.92. The van der Waals surface area contributed by atoms with Crippen LogP contribution in [0.5, 0.6) is 0 Å². The summed E-state index contributed by atoms with van der Waals surface area (Å²) in [5, 5.41) is 37.8. The van der Waals surface area contributed by atoms with Crippen LogP contribution in [0.4, 0.5) is 22.0 Å². The standard InChI is InChI=1S/C20H14Cl2F5N3O6S/c21-7-2-1-6(3-8(7)22)37(34,35)20-19(33)17(18(32)10(5-31)36-20)30-4-9(28-29-30)11-12(23)14(25)16(27)15(26)13(11)24/h1-4,10,17-20,31-33H,5H2. The van der Waals surface area contributed by atoms with Crippen molar-refractivity contribution in [1.82, 2.24) is 15.0 Å². The molecule has 1 aliphatic rings. The molecule has 5 atom stereocenters. The topological polar surface area (TPSA) is 135 Å². The summed E-state index contributed by atoms with van der Waals surface area (Å²) in [5.41, 5.74) is -4.47. The van der Waals surface area contributed by atoms with Crippen molar-refractivity contribution >= 4 is 33.0 Å². The lowest BCUT2D eigenvalue weighted by Gasteiger charge is -2.41. The molecule has 2 aromatic carbocycles. The van der Waals surface area contributed by atoms with Gasteiger partial charge in [0.05, 0.1) is 33.3 Å². The molecule has 2 heterocycles. The largest absolute Gasteiger partial charge is 0.394 e. The molecule has 3 aromatic rings. The second-order valence-electron chi connectivity index (χ2n) is 7.85. The number of aliphatic hydroxyl groups is 3. The van der Waals surface area contributed by atoms with Gasteiger partial charge in [0.1, 0.15) is 30.0 Å². The fraction of sp³-hybridized carbons (Fsp3) is 0.300. The van der Waals surface area contributed by atoms with Crippen molar-refractivity contribution in [2.75, 3.05) is 6.61 Å². The van der Waals surface area contributed by atoms with Crippen LogP contribution in [0.1, 0.15) is 6.04 Å². The van der Waals surface area contributed by atoms with Gasteiger partial charge in [-0.1, -0.05) is 28.4 Å². The average Bonchev–Trinajstić information content (AvgIpc) is 3.32. The summed E-state index contributed by atoms with van der Waals surface area (Å²) >= 11 is 11.7. The summed E-state index contributed by atoms with van der Waals surface area (Å²) in [4.78, 5) is -0.446. The number of sulfone groups is 1. The molecule has 0 aliphatic carbocycles. The maximum absolute atomic E-state index is 14.2. The zero-order valence-electron chi connectivity index (χ0n) is 17.9. The lowest BCUT2D eigenvalue weighted by atomic mass is 9.97. The van der Waals surface area contributed by atoms with E-state index in [1.54, 1.807) is 0 Å². The number of rotatable bonds is 5. The van der Waals surface area contributed by atoms with E-state index in [1.165, 1.54) is 0 Å². The Balaban J connectivity index is 1.78.